The summed E-state index contributed by atoms with van der Waals surface area (Å²) in [6.45, 7) is 1.85. The number of aromatic nitrogens is 4. The lowest BCUT2D eigenvalue weighted by atomic mass is 9.99. The number of carbonyl (C=O) groups is 2. The van der Waals surface area contributed by atoms with Crippen LogP contribution in [0.5, 0.6) is 0 Å². The number of aromatic amines is 1. The van der Waals surface area contributed by atoms with E-state index in [1.54, 1.807) is 36.3 Å². The van der Waals surface area contributed by atoms with Crippen LogP contribution in [0.2, 0.25) is 0 Å². The number of anilines is 3. The Morgan fingerprint density at radius 3 is 2.59 bits per heavy atom. The van der Waals surface area contributed by atoms with E-state index in [1.807, 2.05) is 49.4 Å². The first-order chi connectivity index (χ1) is 16.5. The summed E-state index contributed by atoms with van der Waals surface area (Å²) >= 11 is 0. The Balaban J connectivity index is 1.29. The molecular weight excluding hydrogens is 430 g/mol. The van der Waals surface area contributed by atoms with Crippen molar-refractivity contribution in [3.05, 3.63) is 95.1 Å². The van der Waals surface area contributed by atoms with Gasteiger partial charge in [-0.05, 0) is 54.8 Å². The zero-order valence-electron chi connectivity index (χ0n) is 18.7. The summed E-state index contributed by atoms with van der Waals surface area (Å²) in [6.07, 6.45) is 4.07. The van der Waals surface area contributed by atoms with E-state index >= 15 is 0 Å². The standard InChI is InChI=1S/C25H23N7O2/c1-15-11-22(32(2)31-15)25(34)28-18-6-3-16(4-7-18)12-17-5-8-21-19(13-17)20(24(33)29-21)14-26-23-9-10-27-30-23/h3-11,13-14H,12H2,1-2H3,(H,28,34)(H,29,33)(H2,26,27,30)/b20-14-. The molecule has 5 rings (SSSR count). The lowest BCUT2D eigenvalue weighted by molar-refractivity contribution is -0.110. The van der Waals surface area contributed by atoms with E-state index in [-0.39, 0.29) is 11.8 Å². The molecule has 170 valence electrons. The summed E-state index contributed by atoms with van der Waals surface area (Å²) < 4.78 is 1.57. The van der Waals surface area contributed by atoms with Crippen LogP contribution in [0, 0.1) is 6.92 Å². The van der Waals surface area contributed by atoms with Crippen LogP contribution in [0.4, 0.5) is 17.2 Å². The highest BCUT2D eigenvalue weighted by molar-refractivity contribution is 6.31. The minimum atomic E-state index is -0.200. The van der Waals surface area contributed by atoms with Gasteiger partial charge in [0.05, 0.1) is 11.3 Å². The average molecular weight is 454 g/mol. The smallest absolute Gasteiger partial charge is 0.273 e. The summed E-state index contributed by atoms with van der Waals surface area (Å²) in [7, 11) is 1.75. The molecular formula is C25H23N7O2. The highest BCUT2D eigenvalue weighted by Crippen LogP contribution is 2.33. The minimum Gasteiger partial charge on any atom is -0.344 e. The molecule has 4 aromatic rings. The van der Waals surface area contributed by atoms with Crippen molar-refractivity contribution in [2.45, 2.75) is 13.3 Å². The van der Waals surface area contributed by atoms with Gasteiger partial charge in [-0.25, -0.2) is 0 Å². The van der Waals surface area contributed by atoms with Gasteiger partial charge in [-0.3, -0.25) is 19.4 Å². The van der Waals surface area contributed by atoms with Crippen molar-refractivity contribution >= 4 is 34.6 Å². The van der Waals surface area contributed by atoms with Crippen molar-refractivity contribution in [3.63, 3.8) is 0 Å². The Hall–Kier alpha value is -4.66. The van der Waals surface area contributed by atoms with E-state index in [0.717, 1.165) is 28.1 Å². The number of nitrogens with zero attached hydrogens (tertiary/aromatic N) is 3. The molecule has 0 spiro atoms. The van der Waals surface area contributed by atoms with Crippen LogP contribution in [-0.4, -0.2) is 31.8 Å². The third kappa shape index (κ3) is 4.31. The number of aryl methyl sites for hydroxylation is 2. The second-order valence-corrected chi connectivity index (χ2v) is 8.12. The second-order valence-electron chi connectivity index (χ2n) is 8.12. The lowest BCUT2D eigenvalue weighted by Crippen LogP contribution is -2.16. The number of hydrogen-bond donors (Lipinski definition) is 4. The Morgan fingerprint density at radius 2 is 1.88 bits per heavy atom. The first-order valence-corrected chi connectivity index (χ1v) is 10.8. The van der Waals surface area contributed by atoms with Gasteiger partial charge in [-0.1, -0.05) is 18.2 Å². The summed E-state index contributed by atoms with van der Waals surface area (Å²) in [5.41, 5.74) is 6.37. The first-order valence-electron chi connectivity index (χ1n) is 10.8. The van der Waals surface area contributed by atoms with Gasteiger partial charge in [-0.15, -0.1) is 0 Å². The Kier molecular flexibility index (Phi) is 5.43. The molecule has 1 aliphatic heterocycles. The Bertz CT molecular complexity index is 1400. The third-order valence-electron chi connectivity index (χ3n) is 5.59. The van der Waals surface area contributed by atoms with E-state index in [9.17, 15) is 9.59 Å². The van der Waals surface area contributed by atoms with Crippen molar-refractivity contribution in [2.75, 3.05) is 16.0 Å². The predicted molar refractivity (Wildman–Crippen MR) is 130 cm³/mol. The van der Waals surface area contributed by atoms with Crippen LogP contribution in [0.25, 0.3) is 5.57 Å². The van der Waals surface area contributed by atoms with Gasteiger partial charge in [0.15, 0.2) is 5.82 Å². The van der Waals surface area contributed by atoms with Gasteiger partial charge in [-0.2, -0.15) is 10.2 Å². The van der Waals surface area contributed by atoms with Crippen molar-refractivity contribution < 1.29 is 9.59 Å². The molecule has 2 aromatic heterocycles. The zero-order valence-corrected chi connectivity index (χ0v) is 18.7. The SMILES string of the molecule is Cc1cc(C(=O)Nc2ccc(Cc3ccc4c(c3)/C(=C/Nc3cc[nH]n3)C(=O)N4)cc2)n(C)n1. The third-order valence-corrected chi connectivity index (χ3v) is 5.59. The van der Waals surface area contributed by atoms with Gasteiger partial charge in [0, 0.05) is 42.4 Å². The minimum absolute atomic E-state index is 0.154. The van der Waals surface area contributed by atoms with Crippen molar-refractivity contribution in [2.24, 2.45) is 7.05 Å². The molecule has 0 aliphatic carbocycles. The molecule has 0 saturated carbocycles. The van der Waals surface area contributed by atoms with Crippen LogP contribution in [-0.2, 0) is 18.3 Å². The summed E-state index contributed by atoms with van der Waals surface area (Å²) in [6, 6.07) is 17.2. The van der Waals surface area contributed by atoms with Crippen LogP contribution in [0.15, 0.2) is 67.0 Å². The lowest BCUT2D eigenvalue weighted by Gasteiger charge is -2.08. The van der Waals surface area contributed by atoms with Gasteiger partial charge >= 0.3 is 0 Å². The molecule has 0 bridgehead atoms. The highest BCUT2D eigenvalue weighted by atomic mass is 16.2. The fraction of sp³-hybridized carbons (Fsp3) is 0.120. The normalized spacial score (nSPS) is 13.6. The fourth-order valence-corrected chi connectivity index (χ4v) is 3.94. The summed E-state index contributed by atoms with van der Waals surface area (Å²) in [5.74, 6) is 0.281. The first kappa shape index (κ1) is 21.2. The molecule has 2 amide bonds. The van der Waals surface area contributed by atoms with Gasteiger partial charge < -0.3 is 16.0 Å². The van der Waals surface area contributed by atoms with E-state index in [0.29, 0.717) is 29.2 Å². The molecule has 3 heterocycles. The number of H-pyrrole nitrogens is 1. The number of nitrogens with one attached hydrogen (secondary N) is 4. The van der Waals surface area contributed by atoms with Crippen LogP contribution in [0.3, 0.4) is 0 Å². The van der Waals surface area contributed by atoms with Crippen molar-refractivity contribution in [1.29, 1.82) is 0 Å². The molecule has 0 unspecified atom stereocenters. The topological polar surface area (TPSA) is 117 Å². The van der Waals surface area contributed by atoms with E-state index in [4.69, 9.17) is 0 Å². The molecule has 34 heavy (non-hydrogen) atoms. The molecule has 0 radical (unpaired) electrons. The summed E-state index contributed by atoms with van der Waals surface area (Å²) in [5, 5.41) is 19.8. The van der Waals surface area contributed by atoms with Crippen LogP contribution >= 0.6 is 0 Å². The molecule has 0 saturated heterocycles. The zero-order chi connectivity index (χ0) is 23.7. The predicted octanol–water partition coefficient (Wildman–Crippen LogP) is 3.70. The maximum Gasteiger partial charge on any atom is 0.273 e. The number of rotatable bonds is 6. The Morgan fingerprint density at radius 1 is 1.09 bits per heavy atom. The van der Waals surface area contributed by atoms with Crippen molar-refractivity contribution in [3.8, 4) is 0 Å². The quantitative estimate of drug-likeness (QED) is 0.332. The van der Waals surface area contributed by atoms with Gasteiger partial charge in [0.25, 0.3) is 11.8 Å². The number of hydrogen-bond acceptors (Lipinski definition) is 5. The van der Waals surface area contributed by atoms with E-state index in [2.05, 4.69) is 31.2 Å². The molecule has 4 N–H and O–H groups in total. The number of amides is 2. The van der Waals surface area contributed by atoms with Crippen LogP contribution < -0.4 is 16.0 Å². The average Bonchev–Trinajstić information content (AvgIpc) is 3.52. The Labute approximate surface area is 195 Å². The van der Waals surface area contributed by atoms with E-state index < -0.39 is 0 Å². The molecule has 2 aromatic carbocycles. The molecule has 0 fully saturated rings. The van der Waals surface area contributed by atoms with Crippen molar-refractivity contribution in [1.82, 2.24) is 20.0 Å². The monoisotopic (exact) mass is 453 g/mol. The maximum atomic E-state index is 12.5. The maximum absolute atomic E-state index is 12.5. The van der Waals surface area contributed by atoms with Crippen LogP contribution in [0.1, 0.15) is 32.9 Å². The molecule has 0 atom stereocenters. The molecule has 9 nitrogen and oxygen atoms in total. The van der Waals surface area contributed by atoms with Gasteiger partial charge in [0.2, 0.25) is 0 Å². The fourth-order valence-electron chi connectivity index (χ4n) is 3.94. The number of benzene rings is 2. The summed E-state index contributed by atoms with van der Waals surface area (Å²) in [4.78, 5) is 24.9. The molecule has 9 heteroatoms. The van der Waals surface area contributed by atoms with Gasteiger partial charge in [0.1, 0.15) is 5.69 Å². The number of carbonyl (C=O) groups excluding carboxylic acids is 2. The largest absolute Gasteiger partial charge is 0.344 e. The molecule has 1 aliphatic rings. The number of fused-ring (bicyclic) bond motifs is 1. The van der Waals surface area contributed by atoms with E-state index in [1.165, 1.54) is 0 Å². The highest BCUT2D eigenvalue weighted by Gasteiger charge is 2.24. The second kappa shape index (κ2) is 8.70.